The van der Waals surface area contributed by atoms with Crippen LogP contribution in [0.15, 0.2) is 12.1 Å². The van der Waals surface area contributed by atoms with Crippen LogP contribution in [-0.4, -0.2) is 19.8 Å². The average Bonchev–Trinajstić information content (AvgIpc) is 3.40. The molecule has 0 aliphatic carbocycles. The molecular weight excluding hydrogens is 889 g/mol. The summed E-state index contributed by atoms with van der Waals surface area (Å²) < 4.78 is 20.0. The lowest BCUT2D eigenvalue weighted by molar-refractivity contribution is 0.234. The number of hydrogen-bond acceptors (Lipinski definition) is 3. The Balaban J connectivity index is 2.46. The van der Waals surface area contributed by atoms with E-state index in [0.717, 1.165) is 75.6 Å². The maximum absolute atomic E-state index is 6.68. The van der Waals surface area contributed by atoms with Crippen molar-refractivity contribution in [3.63, 3.8) is 0 Å². The molecule has 0 atom stereocenters. The first kappa shape index (κ1) is 69.6. The Morgan fingerprint density at radius 1 is 0.247 bits per heavy atom. The Morgan fingerprint density at radius 2 is 0.438 bits per heavy atom. The first-order valence-electron chi connectivity index (χ1n) is 34.1. The molecule has 0 spiro atoms. The molecule has 431 valence electrons. The van der Waals surface area contributed by atoms with Crippen molar-refractivity contribution in [2.24, 2.45) is 0 Å². The zero-order chi connectivity index (χ0) is 52.3. The average molecular weight is 1020 g/mol. The van der Waals surface area contributed by atoms with Crippen molar-refractivity contribution in [2.75, 3.05) is 19.8 Å². The van der Waals surface area contributed by atoms with Crippen LogP contribution in [0.3, 0.4) is 0 Å². The molecule has 3 heteroatoms. The zero-order valence-corrected chi connectivity index (χ0v) is 50.5. The van der Waals surface area contributed by atoms with Crippen molar-refractivity contribution < 1.29 is 14.2 Å². The van der Waals surface area contributed by atoms with Crippen molar-refractivity contribution in [2.45, 2.75) is 387 Å². The van der Waals surface area contributed by atoms with Crippen molar-refractivity contribution in [3.8, 4) is 17.2 Å². The molecule has 0 unspecified atom stereocenters. The molecule has 1 aromatic carbocycles. The minimum absolute atomic E-state index is 0.738. The molecule has 0 aliphatic heterocycles. The van der Waals surface area contributed by atoms with Crippen LogP contribution in [0.1, 0.15) is 386 Å². The number of benzene rings is 1. The van der Waals surface area contributed by atoms with E-state index in [1.165, 1.54) is 333 Å². The van der Waals surface area contributed by atoms with Gasteiger partial charge in [0.15, 0.2) is 11.5 Å². The predicted octanol–water partition coefficient (Wildman–Crippen LogP) is 25.1. The van der Waals surface area contributed by atoms with Crippen LogP contribution >= 0.6 is 0 Å². The lowest BCUT2D eigenvalue weighted by Crippen LogP contribution is -2.07. The number of rotatable bonds is 63. The Hall–Kier alpha value is -1.38. The highest BCUT2D eigenvalue weighted by Crippen LogP contribution is 2.40. The normalized spacial score (nSPS) is 11.6. The van der Waals surface area contributed by atoms with Gasteiger partial charge in [0, 0.05) is 0 Å². The third-order valence-corrected chi connectivity index (χ3v) is 16.1. The van der Waals surface area contributed by atoms with Crippen LogP contribution < -0.4 is 14.2 Å². The topological polar surface area (TPSA) is 27.7 Å². The fourth-order valence-electron chi connectivity index (χ4n) is 11.0. The molecule has 0 amide bonds. The fraction of sp³-hybridized carbons (Fsp3) is 0.900. The Kier molecular flexibility index (Phi) is 57.1. The van der Waals surface area contributed by atoms with Gasteiger partial charge in [0.05, 0.1) is 19.8 Å². The van der Waals surface area contributed by atoms with E-state index >= 15 is 0 Å². The molecule has 0 aliphatic rings. The van der Waals surface area contributed by atoms with E-state index in [2.05, 4.69) is 39.8 Å². The summed E-state index contributed by atoms with van der Waals surface area (Å²) in [6.45, 7) is 13.3. The summed E-state index contributed by atoms with van der Waals surface area (Å²) in [5.41, 5.74) is 1.30. The van der Waals surface area contributed by atoms with Crippen molar-refractivity contribution >= 4 is 0 Å². The highest BCUT2D eigenvalue weighted by molar-refractivity contribution is 5.54. The van der Waals surface area contributed by atoms with Gasteiger partial charge in [-0.15, -0.1) is 0 Å². The minimum atomic E-state index is 0.738. The van der Waals surface area contributed by atoms with Gasteiger partial charge in [-0.1, -0.05) is 362 Å². The first-order chi connectivity index (χ1) is 36.3. The van der Waals surface area contributed by atoms with Gasteiger partial charge in [0.1, 0.15) is 0 Å². The van der Waals surface area contributed by atoms with Crippen LogP contribution in [0.2, 0.25) is 0 Å². The van der Waals surface area contributed by atoms with E-state index in [4.69, 9.17) is 14.2 Å². The molecule has 0 heterocycles. The monoisotopic (exact) mass is 1020 g/mol. The highest BCUT2D eigenvalue weighted by atomic mass is 16.5. The third kappa shape index (κ3) is 49.9. The standard InChI is InChI=1S/C70H133O3/c1-5-9-13-16-19-22-25-28-31-34-37-40-43-46-49-52-55-58-62-71-68-65-67(61-12-8-4)66-69(72-63-59-56-53-50-47-44-41-38-35-32-29-26-23-20-17-14-10-6-2)70(68)73-64-60-57-54-51-48-45-42-39-36-33-30-27-24-21-18-15-11-7-3/h65-66H,4-64H2,1-3H3. The van der Waals surface area contributed by atoms with Crippen LogP contribution in [0.5, 0.6) is 17.2 Å². The van der Waals surface area contributed by atoms with Gasteiger partial charge in [-0.05, 0) is 49.8 Å². The van der Waals surface area contributed by atoms with Crippen LogP contribution in [-0.2, 0) is 6.42 Å². The van der Waals surface area contributed by atoms with Crippen molar-refractivity contribution in [1.82, 2.24) is 0 Å². The van der Waals surface area contributed by atoms with Gasteiger partial charge < -0.3 is 14.2 Å². The van der Waals surface area contributed by atoms with Gasteiger partial charge in [-0.2, -0.15) is 0 Å². The Labute approximate surface area is 460 Å². The molecule has 0 fully saturated rings. The van der Waals surface area contributed by atoms with Crippen LogP contribution in [0.25, 0.3) is 0 Å². The Morgan fingerprint density at radius 3 is 0.644 bits per heavy atom. The minimum Gasteiger partial charge on any atom is -0.490 e. The van der Waals surface area contributed by atoms with Crippen molar-refractivity contribution in [3.05, 3.63) is 24.6 Å². The highest BCUT2D eigenvalue weighted by Gasteiger charge is 2.16. The molecule has 0 N–H and O–H groups in total. The van der Waals surface area contributed by atoms with Crippen molar-refractivity contribution in [1.29, 1.82) is 0 Å². The molecule has 1 aromatic rings. The van der Waals surface area contributed by atoms with Gasteiger partial charge in [0.2, 0.25) is 5.75 Å². The van der Waals surface area contributed by atoms with E-state index in [1.54, 1.807) is 0 Å². The summed E-state index contributed by atoms with van der Waals surface area (Å²) in [6, 6.07) is 4.52. The molecule has 0 aromatic heterocycles. The van der Waals surface area contributed by atoms with E-state index in [9.17, 15) is 0 Å². The quantitative estimate of drug-likeness (QED) is 0.0609. The second-order valence-corrected chi connectivity index (χ2v) is 23.5. The van der Waals surface area contributed by atoms with E-state index in [0.29, 0.717) is 0 Å². The lowest BCUT2D eigenvalue weighted by Gasteiger charge is -2.19. The van der Waals surface area contributed by atoms with Gasteiger partial charge in [-0.3, -0.25) is 0 Å². The fourth-order valence-corrected chi connectivity index (χ4v) is 11.0. The molecule has 3 nitrogen and oxygen atoms in total. The van der Waals surface area contributed by atoms with Gasteiger partial charge in [0.25, 0.3) is 0 Å². The number of hydrogen-bond donors (Lipinski definition) is 0. The molecule has 0 saturated carbocycles. The molecule has 0 bridgehead atoms. The lowest BCUT2D eigenvalue weighted by atomic mass is 10.0. The maximum Gasteiger partial charge on any atom is 0.203 e. The van der Waals surface area contributed by atoms with E-state index in [-0.39, 0.29) is 0 Å². The molecule has 1 rings (SSSR count). The third-order valence-electron chi connectivity index (χ3n) is 16.1. The molecule has 0 saturated heterocycles. The summed E-state index contributed by atoms with van der Waals surface area (Å²) in [5.74, 6) is 2.67. The first-order valence-corrected chi connectivity index (χ1v) is 34.1. The summed E-state index contributed by atoms with van der Waals surface area (Å²) >= 11 is 0. The SMILES string of the molecule is [CH2]CCCc1cc(OCCCCCCCCCCCCCCCCCCCC)c(OCCCCCCCCCCCCCCCCCCCC)c(OCCCCCCCCCCCCCCCCCCCC)c1. The zero-order valence-electron chi connectivity index (χ0n) is 50.5. The molecule has 73 heavy (non-hydrogen) atoms. The summed E-state index contributed by atoms with van der Waals surface area (Å²) in [7, 11) is 0. The van der Waals surface area contributed by atoms with E-state index in [1.807, 2.05) is 0 Å². The van der Waals surface area contributed by atoms with Crippen LogP contribution in [0, 0.1) is 6.92 Å². The van der Waals surface area contributed by atoms with Gasteiger partial charge in [-0.25, -0.2) is 0 Å². The number of ether oxygens (including phenoxy) is 3. The smallest absolute Gasteiger partial charge is 0.203 e. The second-order valence-electron chi connectivity index (χ2n) is 23.5. The van der Waals surface area contributed by atoms with Crippen LogP contribution in [0.4, 0.5) is 0 Å². The largest absolute Gasteiger partial charge is 0.490 e. The summed E-state index contributed by atoms with van der Waals surface area (Å²) in [6.07, 6.45) is 78.4. The molecular formula is C70H133O3. The summed E-state index contributed by atoms with van der Waals surface area (Å²) in [4.78, 5) is 0. The second kappa shape index (κ2) is 59.9. The number of aryl methyl sites for hydroxylation is 1. The van der Waals surface area contributed by atoms with Gasteiger partial charge >= 0.3 is 0 Å². The molecule has 1 radical (unpaired) electrons. The Bertz CT molecular complexity index is 1120. The summed E-state index contributed by atoms with van der Waals surface area (Å²) in [5, 5.41) is 0. The maximum atomic E-state index is 6.68. The number of unbranched alkanes of at least 4 members (excludes halogenated alkanes) is 52. The van der Waals surface area contributed by atoms with E-state index < -0.39 is 0 Å². The predicted molar refractivity (Wildman–Crippen MR) is 328 cm³/mol.